The van der Waals surface area contributed by atoms with Crippen LogP contribution in [0.4, 0.5) is 0 Å². The van der Waals surface area contributed by atoms with E-state index in [2.05, 4.69) is 5.32 Å². The van der Waals surface area contributed by atoms with Gasteiger partial charge in [0, 0.05) is 13.2 Å². The molecule has 0 bridgehead atoms. The molecule has 0 unspecified atom stereocenters. The van der Waals surface area contributed by atoms with Crippen molar-refractivity contribution < 1.29 is 9.90 Å². The summed E-state index contributed by atoms with van der Waals surface area (Å²) in [6.45, 7) is 0.898. The van der Waals surface area contributed by atoms with Gasteiger partial charge in [0.15, 0.2) is 0 Å². The average Bonchev–Trinajstić information content (AvgIpc) is 2.86. The summed E-state index contributed by atoms with van der Waals surface area (Å²) < 4.78 is 0. The lowest BCUT2D eigenvalue weighted by atomic mass is 9.80. The Labute approximate surface area is 128 Å². The van der Waals surface area contributed by atoms with Crippen LogP contribution in [0.2, 0.25) is 0 Å². The topological polar surface area (TPSA) is 75.4 Å². The van der Waals surface area contributed by atoms with E-state index in [4.69, 9.17) is 5.73 Å². The van der Waals surface area contributed by atoms with Gasteiger partial charge in [-0.3, -0.25) is 4.79 Å². The normalized spacial score (nSPS) is 23.9. The predicted molar refractivity (Wildman–Crippen MR) is 82.9 cm³/mol. The van der Waals surface area contributed by atoms with Gasteiger partial charge in [-0.05, 0) is 37.5 Å². The highest BCUT2D eigenvalue weighted by Crippen LogP contribution is 2.40. The van der Waals surface area contributed by atoms with Gasteiger partial charge < -0.3 is 16.2 Å². The molecule has 0 spiro atoms. The van der Waals surface area contributed by atoms with E-state index in [1.807, 2.05) is 0 Å². The molecule has 0 aromatic rings. The summed E-state index contributed by atoms with van der Waals surface area (Å²) in [6, 6.07) is 0. The van der Waals surface area contributed by atoms with Crippen molar-refractivity contribution in [1.82, 2.24) is 5.32 Å². The van der Waals surface area contributed by atoms with Crippen LogP contribution in [0.15, 0.2) is 0 Å². The molecule has 2 rings (SSSR count). The van der Waals surface area contributed by atoms with Gasteiger partial charge in [0.1, 0.15) is 0 Å². The third-order valence-electron chi connectivity index (χ3n) is 5.13. The molecular formula is C15H29ClN2O2. The second-order valence-electron chi connectivity index (χ2n) is 6.58. The summed E-state index contributed by atoms with van der Waals surface area (Å²) in [5.74, 6) is 0.0245. The number of aliphatic hydroxyl groups is 1. The number of hydrogen-bond donors (Lipinski definition) is 3. The Morgan fingerprint density at radius 3 is 2.15 bits per heavy atom. The van der Waals surface area contributed by atoms with Crippen molar-refractivity contribution in [1.29, 1.82) is 0 Å². The SMILES string of the molecule is Cl.NC1(C(=O)NCC2(CCO)CCCC2)CCCCC1. The monoisotopic (exact) mass is 304 g/mol. The van der Waals surface area contributed by atoms with Crippen molar-refractivity contribution in [3.63, 3.8) is 0 Å². The van der Waals surface area contributed by atoms with Crippen LogP contribution in [0, 0.1) is 5.41 Å². The molecule has 0 aromatic carbocycles. The highest BCUT2D eigenvalue weighted by atomic mass is 35.5. The van der Waals surface area contributed by atoms with Crippen LogP contribution in [-0.4, -0.2) is 29.7 Å². The van der Waals surface area contributed by atoms with E-state index in [1.165, 1.54) is 19.3 Å². The van der Waals surface area contributed by atoms with E-state index in [9.17, 15) is 9.90 Å². The molecule has 4 N–H and O–H groups in total. The first-order valence-corrected chi connectivity index (χ1v) is 7.78. The van der Waals surface area contributed by atoms with Crippen molar-refractivity contribution in [2.24, 2.45) is 11.1 Å². The Morgan fingerprint density at radius 1 is 1.05 bits per heavy atom. The number of halogens is 1. The molecule has 2 aliphatic rings. The summed E-state index contributed by atoms with van der Waals surface area (Å²) in [5.41, 5.74) is 5.72. The zero-order valence-electron chi connectivity index (χ0n) is 12.3. The molecule has 0 aromatic heterocycles. The highest BCUT2D eigenvalue weighted by molar-refractivity contribution is 5.86. The molecule has 2 saturated carbocycles. The molecule has 0 atom stereocenters. The average molecular weight is 305 g/mol. The molecule has 0 heterocycles. The quantitative estimate of drug-likeness (QED) is 0.728. The molecule has 1 amide bonds. The number of carbonyl (C=O) groups excluding carboxylic acids is 1. The fraction of sp³-hybridized carbons (Fsp3) is 0.933. The summed E-state index contributed by atoms with van der Waals surface area (Å²) in [7, 11) is 0. The first-order chi connectivity index (χ1) is 9.10. The first-order valence-electron chi connectivity index (χ1n) is 7.78. The van der Waals surface area contributed by atoms with Gasteiger partial charge in [0.05, 0.1) is 5.54 Å². The number of nitrogens with one attached hydrogen (secondary N) is 1. The standard InChI is InChI=1S/C15H28N2O2.ClH/c16-15(8-2-1-3-9-15)13(19)17-12-14(10-11-18)6-4-5-7-14;/h18H,1-12,16H2,(H,17,19);1H. The Morgan fingerprint density at radius 2 is 1.60 bits per heavy atom. The molecular weight excluding hydrogens is 276 g/mol. The molecule has 2 aliphatic carbocycles. The van der Waals surface area contributed by atoms with Gasteiger partial charge in [-0.2, -0.15) is 0 Å². The maximum Gasteiger partial charge on any atom is 0.240 e. The fourth-order valence-corrected chi connectivity index (χ4v) is 3.73. The van der Waals surface area contributed by atoms with Gasteiger partial charge in [-0.25, -0.2) is 0 Å². The summed E-state index contributed by atoms with van der Waals surface area (Å²) in [6.07, 6.45) is 10.4. The third kappa shape index (κ3) is 4.09. The van der Waals surface area contributed by atoms with E-state index < -0.39 is 5.54 Å². The van der Waals surface area contributed by atoms with Crippen molar-refractivity contribution in [2.45, 2.75) is 69.7 Å². The van der Waals surface area contributed by atoms with Crippen LogP contribution in [0.5, 0.6) is 0 Å². The molecule has 0 radical (unpaired) electrons. The van der Waals surface area contributed by atoms with Crippen LogP contribution >= 0.6 is 12.4 Å². The minimum atomic E-state index is -0.642. The Bertz CT molecular complexity index is 311. The van der Waals surface area contributed by atoms with E-state index >= 15 is 0 Å². The lowest BCUT2D eigenvalue weighted by Crippen LogP contribution is -2.56. The van der Waals surface area contributed by atoms with E-state index in [1.54, 1.807) is 0 Å². The zero-order chi connectivity index (χ0) is 13.8. The summed E-state index contributed by atoms with van der Waals surface area (Å²) in [5, 5.41) is 12.3. The number of hydrogen-bond acceptors (Lipinski definition) is 3. The predicted octanol–water partition coefficient (Wildman–Crippen LogP) is 2.13. The van der Waals surface area contributed by atoms with Gasteiger partial charge in [-0.1, -0.05) is 32.1 Å². The van der Waals surface area contributed by atoms with Crippen molar-refractivity contribution in [2.75, 3.05) is 13.2 Å². The van der Waals surface area contributed by atoms with Crippen molar-refractivity contribution in [3.05, 3.63) is 0 Å². The van der Waals surface area contributed by atoms with E-state index in [0.29, 0.717) is 6.54 Å². The van der Waals surface area contributed by atoms with Crippen molar-refractivity contribution >= 4 is 18.3 Å². The number of amides is 1. The third-order valence-corrected chi connectivity index (χ3v) is 5.13. The molecule has 4 nitrogen and oxygen atoms in total. The molecule has 118 valence electrons. The van der Waals surface area contributed by atoms with Gasteiger partial charge in [0.25, 0.3) is 0 Å². The minimum absolute atomic E-state index is 0. The number of nitrogens with two attached hydrogens (primary N) is 1. The summed E-state index contributed by atoms with van der Waals surface area (Å²) in [4.78, 5) is 12.3. The first kappa shape index (κ1) is 17.7. The number of carbonyl (C=O) groups is 1. The highest BCUT2D eigenvalue weighted by Gasteiger charge is 2.38. The maximum absolute atomic E-state index is 12.3. The molecule has 0 saturated heterocycles. The zero-order valence-corrected chi connectivity index (χ0v) is 13.1. The second-order valence-corrected chi connectivity index (χ2v) is 6.58. The van der Waals surface area contributed by atoms with Gasteiger partial charge >= 0.3 is 0 Å². The number of rotatable bonds is 5. The maximum atomic E-state index is 12.3. The molecule has 5 heteroatoms. The Balaban J connectivity index is 0.00000200. The smallest absolute Gasteiger partial charge is 0.240 e. The van der Waals surface area contributed by atoms with Crippen LogP contribution in [0.25, 0.3) is 0 Å². The van der Waals surface area contributed by atoms with Crippen LogP contribution in [-0.2, 0) is 4.79 Å². The minimum Gasteiger partial charge on any atom is -0.396 e. The lowest BCUT2D eigenvalue weighted by Gasteiger charge is -2.34. The van der Waals surface area contributed by atoms with Crippen LogP contribution in [0.3, 0.4) is 0 Å². The largest absolute Gasteiger partial charge is 0.396 e. The molecule has 20 heavy (non-hydrogen) atoms. The van der Waals surface area contributed by atoms with Gasteiger partial charge in [0.2, 0.25) is 5.91 Å². The Hall–Kier alpha value is -0.320. The number of aliphatic hydroxyl groups excluding tert-OH is 1. The van der Waals surface area contributed by atoms with Crippen LogP contribution < -0.4 is 11.1 Å². The lowest BCUT2D eigenvalue weighted by molar-refractivity contribution is -0.128. The summed E-state index contributed by atoms with van der Waals surface area (Å²) >= 11 is 0. The van der Waals surface area contributed by atoms with Gasteiger partial charge in [-0.15, -0.1) is 12.4 Å². The molecule has 2 fully saturated rings. The van der Waals surface area contributed by atoms with Crippen molar-refractivity contribution in [3.8, 4) is 0 Å². The van der Waals surface area contributed by atoms with E-state index in [0.717, 1.165) is 44.9 Å². The fourth-order valence-electron chi connectivity index (χ4n) is 3.73. The Kier molecular flexibility index (Phi) is 6.76. The van der Waals surface area contributed by atoms with E-state index in [-0.39, 0.29) is 30.3 Å². The molecule has 0 aliphatic heterocycles. The second kappa shape index (κ2) is 7.62. The van der Waals surface area contributed by atoms with Crippen LogP contribution in [0.1, 0.15) is 64.2 Å².